The fourth-order valence-corrected chi connectivity index (χ4v) is 6.97. The maximum absolute atomic E-state index is 3.67. The van der Waals surface area contributed by atoms with Gasteiger partial charge in [-0.25, -0.2) is 10.8 Å². The third-order valence-corrected chi connectivity index (χ3v) is 9.30. The summed E-state index contributed by atoms with van der Waals surface area (Å²) in [4.78, 5) is 0. The monoisotopic (exact) mass is 652 g/mol. The Hall–Kier alpha value is -1.89. The average Bonchev–Trinajstić information content (AvgIpc) is 3.49. The van der Waals surface area contributed by atoms with Gasteiger partial charge >= 0.3 is 28.4 Å². The van der Waals surface area contributed by atoms with Gasteiger partial charge in [0.15, 0.2) is 0 Å². The van der Waals surface area contributed by atoms with Crippen molar-refractivity contribution in [2.45, 2.75) is 99.2 Å². The Balaban J connectivity index is 0.000000350. The van der Waals surface area contributed by atoms with Gasteiger partial charge in [0, 0.05) is 0 Å². The maximum Gasteiger partial charge on any atom is -0.171 e. The number of rotatable bonds is 1. The molecule has 0 N–H and O–H groups in total. The van der Waals surface area contributed by atoms with Crippen LogP contribution in [0.4, 0.5) is 0 Å². The molecule has 0 amide bonds. The van der Waals surface area contributed by atoms with E-state index in [1.165, 1.54) is 63.2 Å². The summed E-state index contributed by atoms with van der Waals surface area (Å²) in [6.07, 6.45) is 6.83. The van der Waals surface area contributed by atoms with Crippen molar-refractivity contribution in [3.05, 3.63) is 125 Å². The number of allylic oxidation sites excluding steroid dienone is 4. The predicted octanol–water partition coefficient (Wildman–Crippen LogP) is 11.1. The zero-order valence-electron chi connectivity index (χ0n) is 28.5. The summed E-state index contributed by atoms with van der Waals surface area (Å²) in [5.41, 5.74) is 10.1. The summed E-state index contributed by atoms with van der Waals surface area (Å²) in [5.74, 6) is 0.553. The first-order chi connectivity index (χ1) is 19.6. The molecule has 0 heterocycles. The second-order valence-electron chi connectivity index (χ2n) is 13.8. The van der Waals surface area contributed by atoms with Crippen molar-refractivity contribution in [3.8, 4) is 11.1 Å². The van der Waals surface area contributed by atoms with E-state index >= 15 is 0 Å². The van der Waals surface area contributed by atoms with Crippen LogP contribution in [0.3, 0.4) is 0 Å². The third-order valence-electron chi connectivity index (χ3n) is 7.14. The molecule has 2 aliphatic carbocycles. The quantitative estimate of drug-likeness (QED) is 0.142. The SMILES string of the molecule is CC(C)(C)c1[c-]c2c(cc1)-c1ccc(C(C)(C)C)cc1C2.CC1=[C-]C(C)C=C1[Si](C)(C)C.[CH2-]C.[CH2]=[Zr].[c-]1ccccc1. The first kappa shape index (κ1) is 38.1. The minimum Gasteiger partial charge on any atom is -0.184 e. The van der Waals surface area contributed by atoms with Crippen molar-refractivity contribution < 1.29 is 24.2 Å². The molecular formula is C40H54SiZr-4. The van der Waals surface area contributed by atoms with Crippen LogP contribution in [0.25, 0.3) is 11.1 Å². The van der Waals surface area contributed by atoms with E-state index in [4.69, 9.17) is 0 Å². The molecule has 0 aliphatic heterocycles. The molecule has 1 atom stereocenters. The molecule has 226 valence electrons. The van der Waals surface area contributed by atoms with E-state index < -0.39 is 8.07 Å². The zero-order valence-corrected chi connectivity index (χ0v) is 32.0. The van der Waals surface area contributed by atoms with Crippen LogP contribution < -0.4 is 0 Å². The molecule has 0 aromatic heterocycles. The van der Waals surface area contributed by atoms with Crippen molar-refractivity contribution in [2.75, 3.05) is 0 Å². The van der Waals surface area contributed by atoms with Crippen LogP contribution in [0.15, 0.2) is 77.5 Å². The Labute approximate surface area is 276 Å². The molecule has 0 radical (unpaired) electrons. The van der Waals surface area contributed by atoms with Crippen LogP contribution in [-0.4, -0.2) is 12.3 Å². The fourth-order valence-electron chi connectivity index (χ4n) is 5.02. The molecular weight excluding hydrogens is 600 g/mol. The van der Waals surface area contributed by atoms with E-state index in [2.05, 4.69) is 141 Å². The van der Waals surface area contributed by atoms with Gasteiger partial charge < -0.3 is 6.92 Å². The largest absolute Gasteiger partial charge is 0.184 e. The van der Waals surface area contributed by atoms with E-state index in [1.807, 2.05) is 30.3 Å². The Bertz CT molecular complexity index is 1220. The fraction of sp³-hybridized carbons (Fsp3) is 0.400. The molecule has 1 unspecified atom stereocenters. The van der Waals surface area contributed by atoms with Crippen molar-refractivity contribution in [1.82, 2.24) is 0 Å². The van der Waals surface area contributed by atoms with Crippen LogP contribution >= 0.6 is 0 Å². The standard InChI is InChI=1S/C21H25.C10H17Si.C6H5.C2H5.CH2.Zr/c1-20(2,3)16-7-9-18-14(12-16)11-15-13-17(21(4,5)6)8-10-19(15)18;1-8-6-9(2)10(7-8)11(3,4)5;1-2-4-6-5-3-1;1-2;;/h7-10,12H,11H2,1-6H3;7-8H,1-5H3;1-5H;1H2,2H3;1H2;/q4*-1;;. The predicted molar refractivity (Wildman–Crippen MR) is 187 cm³/mol. The van der Waals surface area contributed by atoms with Crippen LogP contribution in [0.5, 0.6) is 0 Å². The molecule has 0 fully saturated rings. The van der Waals surface area contributed by atoms with Gasteiger partial charge in [-0.15, -0.1) is 11.1 Å². The molecule has 0 nitrogen and oxygen atoms in total. The van der Waals surface area contributed by atoms with E-state index in [-0.39, 0.29) is 10.8 Å². The second kappa shape index (κ2) is 16.8. The summed E-state index contributed by atoms with van der Waals surface area (Å²) in [6.45, 7) is 30.2. The topological polar surface area (TPSA) is 0 Å². The van der Waals surface area contributed by atoms with Gasteiger partial charge in [-0.05, 0) is 36.5 Å². The molecule has 3 aromatic rings. The molecule has 2 aliphatic rings. The van der Waals surface area contributed by atoms with Crippen LogP contribution in [-0.2, 0) is 41.5 Å². The Morgan fingerprint density at radius 2 is 1.43 bits per heavy atom. The second-order valence-corrected chi connectivity index (χ2v) is 18.8. The summed E-state index contributed by atoms with van der Waals surface area (Å²) in [6, 6.07) is 27.7. The van der Waals surface area contributed by atoms with Crippen LogP contribution in [0.2, 0.25) is 19.6 Å². The van der Waals surface area contributed by atoms with Crippen molar-refractivity contribution in [3.63, 3.8) is 0 Å². The van der Waals surface area contributed by atoms with Gasteiger partial charge in [0.05, 0.1) is 0 Å². The molecule has 0 saturated carbocycles. The maximum atomic E-state index is 3.67. The molecule has 2 heteroatoms. The summed E-state index contributed by atoms with van der Waals surface area (Å²) in [5, 5.41) is 1.60. The van der Waals surface area contributed by atoms with Gasteiger partial charge in [-0.2, -0.15) is 73.2 Å². The first-order valence-electron chi connectivity index (χ1n) is 15.1. The van der Waals surface area contributed by atoms with Gasteiger partial charge in [0.1, 0.15) is 0 Å². The summed E-state index contributed by atoms with van der Waals surface area (Å²) in [7, 11) is -1.07. The summed E-state index contributed by atoms with van der Waals surface area (Å²) >= 11 is 1.30. The van der Waals surface area contributed by atoms with E-state index in [1.54, 1.807) is 12.1 Å². The minimum absolute atomic E-state index is 0.167. The number of hydrogen-bond acceptors (Lipinski definition) is 0. The van der Waals surface area contributed by atoms with Gasteiger partial charge in [-0.3, -0.25) is 6.08 Å². The first-order valence-corrected chi connectivity index (χ1v) is 20.3. The Kier molecular flexibility index (Phi) is 15.3. The molecule has 0 bridgehead atoms. The molecule has 0 spiro atoms. The molecule has 0 saturated heterocycles. The average molecular weight is 654 g/mol. The summed E-state index contributed by atoms with van der Waals surface area (Å²) < 4.78 is 3.34. The molecule has 5 rings (SSSR count). The molecule has 42 heavy (non-hydrogen) atoms. The Morgan fingerprint density at radius 3 is 1.81 bits per heavy atom. The van der Waals surface area contributed by atoms with Gasteiger partial charge in [0.25, 0.3) is 0 Å². The number of fused-ring (bicyclic) bond motifs is 3. The zero-order chi connectivity index (χ0) is 32.3. The van der Waals surface area contributed by atoms with Gasteiger partial charge in [-0.1, -0.05) is 105 Å². The van der Waals surface area contributed by atoms with Crippen LogP contribution in [0.1, 0.15) is 84.6 Å². The van der Waals surface area contributed by atoms with E-state index in [0.717, 1.165) is 6.42 Å². The normalized spacial score (nSPS) is 14.9. The Morgan fingerprint density at radius 1 is 0.857 bits per heavy atom. The smallest absolute Gasteiger partial charge is 0.171 e. The van der Waals surface area contributed by atoms with Crippen molar-refractivity contribution in [2.24, 2.45) is 5.92 Å². The van der Waals surface area contributed by atoms with Crippen molar-refractivity contribution in [1.29, 1.82) is 0 Å². The van der Waals surface area contributed by atoms with E-state index in [9.17, 15) is 0 Å². The van der Waals surface area contributed by atoms with E-state index in [0.29, 0.717) is 5.92 Å². The van der Waals surface area contributed by atoms with Crippen LogP contribution in [0, 0.1) is 31.1 Å². The third kappa shape index (κ3) is 11.3. The molecule has 3 aromatic carbocycles. The number of benzene rings is 3. The van der Waals surface area contributed by atoms with Crippen molar-refractivity contribution >= 4 is 12.3 Å². The van der Waals surface area contributed by atoms with Gasteiger partial charge in [0.2, 0.25) is 0 Å². The number of hydrogen-bond donors (Lipinski definition) is 0. The minimum atomic E-state index is -1.07.